The van der Waals surface area contributed by atoms with Crippen LogP contribution < -0.4 is 10.2 Å². The number of pyridine rings is 1. The van der Waals surface area contributed by atoms with E-state index in [1.807, 2.05) is 29.1 Å². The maximum absolute atomic E-state index is 12.2. The summed E-state index contributed by atoms with van der Waals surface area (Å²) in [4.78, 5) is 21.7. The number of carbonyl (C=O) groups is 1. The van der Waals surface area contributed by atoms with Gasteiger partial charge >= 0.3 is 0 Å². The van der Waals surface area contributed by atoms with Crippen molar-refractivity contribution in [2.75, 3.05) is 37.6 Å². The highest BCUT2D eigenvalue weighted by Gasteiger charge is 2.24. The van der Waals surface area contributed by atoms with E-state index in [-0.39, 0.29) is 5.91 Å². The Bertz CT molecular complexity index is 720. The minimum absolute atomic E-state index is 0.0930. The lowest BCUT2D eigenvalue weighted by Gasteiger charge is -2.36. The molecule has 1 saturated carbocycles. The predicted octanol–water partition coefficient (Wildman–Crippen LogP) is 3.64. The lowest BCUT2D eigenvalue weighted by Crippen LogP contribution is -2.47. The number of nitrogens with one attached hydrogen (secondary N) is 1. The third kappa shape index (κ3) is 5.11. The Kier molecular flexibility index (Phi) is 6.60. The summed E-state index contributed by atoms with van der Waals surface area (Å²) in [6.45, 7) is 5.59. The molecule has 150 valence electrons. The Labute approximate surface area is 171 Å². The van der Waals surface area contributed by atoms with Crippen LogP contribution in [-0.4, -0.2) is 54.6 Å². The van der Waals surface area contributed by atoms with Crippen molar-refractivity contribution in [3.8, 4) is 0 Å². The van der Waals surface area contributed by atoms with E-state index in [0.717, 1.165) is 56.3 Å². The largest absolute Gasteiger partial charge is 0.354 e. The molecule has 0 aromatic carbocycles. The van der Waals surface area contributed by atoms with Gasteiger partial charge in [0, 0.05) is 49.4 Å². The molecule has 1 amide bonds. The molecule has 28 heavy (non-hydrogen) atoms. The number of piperazine rings is 1. The van der Waals surface area contributed by atoms with Gasteiger partial charge in [0.15, 0.2) is 0 Å². The van der Waals surface area contributed by atoms with E-state index >= 15 is 0 Å². The predicted molar refractivity (Wildman–Crippen MR) is 115 cm³/mol. The second-order valence-electron chi connectivity index (χ2n) is 8.01. The van der Waals surface area contributed by atoms with Gasteiger partial charge in [0.05, 0.1) is 0 Å². The SMILES string of the molecule is O=C(NC1CCC(CCN2CCN(c3ccccn3)CC2)CC1)c1ccsc1. The van der Waals surface area contributed by atoms with E-state index < -0.39 is 0 Å². The van der Waals surface area contributed by atoms with Crippen LogP contribution in [-0.2, 0) is 0 Å². The van der Waals surface area contributed by atoms with E-state index in [2.05, 4.69) is 32.2 Å². The number of hydrogen-bond acceptors (Lipinski definition) is 5. The summed E-state index contributed by atoms with van der Waals surface area (Å²) in [6, 6.07) is 8.39. The molecule has 0 spiro atoms. The third-order valence-electron chi connectivity index (χ3n) is 6.16. The number of rotatable bonds is 6. The molecule has 0 radical (unpaired) electrons. The average Bonchev–Trinajstić information content (AvgIpc) is 3.29. The van der Waals surface area contributed by atoms with Crippen LogP contribution in [0.15, 0.2) is 41.2 Å². The second kappa shape index (κ2) is 9.52. The summed E-state index contributed by atoms with van der Waals surface area (Å²) in [5.41, 5.74) is 0.803. The van der Waals surface area contributed by atoms with Crippen LogP contribution in [0.3, 0.4) is 0 Å². The number of nitrogens with zero attached hydrogens (tertiary/aromatic N) is 3. The van der Waals surface area contributed by atoms with Crippen molar-refractivity contribution in [3.05, 3.63) is 46.8 Å². The van der Waals surface area contributed by atoms with Gasteiger partial charge in [-0.15, -0.1) is 0 Å². The van der Waals surface area contributed by atoms with Gasteiger partial charge in [-0.05, 0) is 68.1 Å². The number of amides is 1. The van der Waals surface area contributed by atoms with Gasteiger partial charge in [-0.25, -0.2) is 4.98 Å². The van der Waals surface area contributed by atoms with Crippen molar-refractivity contribution in [2.24, 2.45) is 5.92 Å². The molecule has 0 unspecified atom stereocenters. The van der Waals surface area contributed by atoms with Gasteiger partial charge < -0.3 is 10.2 Å². The molecule has 2 fully saturated rings. The monoisotopic (exact) mass is 398 g/mol. The third-order valence-corrected chi connectivity index (χ3v) is 6.85. The molecule has 2 aromatic rings. The second-order valence-corrected chi connectivity index (χ2v) is 8.79. The first kappa shape index (κ1) is 19.4. The molecule has 0 atom stereocenters. The van der Waals surface area contributed by atoms with Gasteiger partial charge in [-0.2, -0.15) is 11.3 Å². The zero-order valence-corrected chi connectivity index (χ0v) is 17.2. The Morgan fingerprint density at radius 1 is 1.11 bits per heavy atom. The molecule has 0 bridgehead atoms. The maximum atomic E-state index is 12.2. The van der Waals surface area contributed by atoms with Crippen LogP contribution in [0.5, 0.6) is 0 Å². The van der Waals surface area contributed by atoms with Gasteiger partial charge in [0.2, 0.25) is 0 Å². The number of carbonyl (C=O) groups excluding carboxylic acids is 1. The molecular formula is C22H30N4OS. The van der Waals surface area contributed by atoms with Gasteiger partial charge in [-0.1, -0.05) is 6.07 Å². The van der Waals surface area contributed by atoms with E-state index in [9.17, 15) is 4.79 Å². The van der Waals surface area contributed by atoms with Crippen LogP contribution in [0.1, 0.15) is 42.5 Å². The highest BCUT2D eigenvalue weighted by atomic mass is 32.1. The van der Waals surface area contributed by atoms with Crippen LogP contribution in [0.2, 0.25) is 0 Å². The van der Waals surface area contributed by atoms with Gasteiger partial charge in [-0.3, -0.25) is 9.69 Å². The number of hydrogen-bond donors (Lipinski definition) is 1. The molecule has 1 aliphatic carbocycles. The summed E-state index contributed by atoms with van der Waals surface area (Å²) in [5.74, 6) is 2.00. The normalized spacial score (nSPS) is 23.5. The van der Waals surface area contributed by atoms with Crippen molar-refractivity contribution in [1.82, 2.24) is 15.2 Å². The maximum Gasteiger partial charge on any atom is 0.252 e. The fraction of sp³-hybridized carbons (Fsp3) is 0.545. The smallest absolute Gasteiger partial charge is 0.252 e. The van der Waals surface area contributed by atoms with E-state index in [0.29, 0.717) is 6.04 Å². The zero-order valence-electron chi connectivity index (χ0n) is 16.4. The first-order chi connectivity index (χ1) is 13.8. The first-order valence-corrected chi connectivity index (χ1v) is 11.4. The minimum Gasteiger partial charge on any atom is -0.354 e. The van der Waals surface area contributed by atoms with Crippen molar-refractivity contribution in [3.63, 3.8) is 0 Å². The van der Waals surface area contributed by atoms with E-state index in [4.69, 9.17) is 0 Å². The molecule has 2 aromatic heterocycles. The minimum atomic E-state index is 0.0930. The van der Waals surface area contributed by atoms with E-state index in [1.165, 1.54) is 25.8 Å². The van der Waals surface area contributed by atoms with Crippen LogP contribution >= 0.6 is 11.3 Å². The lowest BCUT2D eigenvalue weighted by molar-refractivity contribution is 0.0920. The molecular weight excluding hydrogens is 368 g/mol. The average molecular weight is 399 g/mol. The Morgan fingerprint density at radius 2 is 1.93 bits per heavy atom. The fourth-order valence-electron chi connectivity index (χ4n) is 4.36. The quantitative estimate of drug-likeness (QED) is 0.807. The van der Waals surface area contributed by atoms with Crippen LogP contribution in [0.4, 0.5) is 5.82 Å². The molecule has 1 N–H and O–H groups in total. The topological polar surface area (TPSA) is 48.5 Å². The van der Waals surface area contributed by atoms with Crippen molar-refractivity contribution in [2.45, 2.75) is 38.1 Å². The number of anilines is 1. The van der Waals surface area contributed by atoms with Crippen molar-refractivity contribution in [1.29, 1.82) is 0 Å². The summed E-state index contributed by atoms with van der Waals surface area (Å²) in [5, 5.41) is 7.10. The zero-order chi connectivity index (χ0) is 19.2. The molecule has 6 heteroatoms. The van der Waals surface area contributed by atoms with Crippen molar-refractivity contribution >= 4 is 23.1 Å². The highest BCUT2D eigenvalue weighted by molar-refractivity contribution is 7.08. The molecule has 3 heterocycles. The molecule has 1 aliphatic heterocycles. The number of thiophene rings is 1. The van der Waals surface area contributed by atoms with Crippen LogP contribution in [0, 0.1) is 5.92 Å². The lowest BCUT2D eigenvalue weighted by atomic mass is 9.84. The van der Waals surface area contributed by atoms with Crippen molar-refractivity contribution < 1.29 is 4.79 Å². The summed E-state index contributed by atoms with van der Waals surface area (Å²) in [7, 11) is 0. The Morgan fingerprint density at radius 3 is 2.61 bits per heavy atom. The Balaban J connectivity index is 1.13. The molecule has 4 rings (SSSR count). The van der Waals surface area contributed by atoms with Crippen LogP contribution in [0.25, 0.3) is 0 Å². The van der Waals surface area contributed by atoms with Gasteiger partial charge in [0.25, 0.3) is 5.91 Å². The molecule has 1 saturated heterocycles. The number of aromatic nitrogens is 1. The molecule has 2 aliphatic rings. The summed E-state index contributed by atoms with van der Waals surface area (Å²) in [6.07, 6.45) is 7.88. The molecule has 5 nitrogen and oxygen atoms in total. The fourth-order valence-corrected chi connectivity index (χ4v) is 5.00. The first-order valence-electron chi connectivity index (χ1n) is 10.5. The highest BCUT2D eigenvalue weighted by Crippen LogP contribution is 2.27. The standard InChI is InChI=1S/C22H30N4OS/c27-22(19-9-16-28-17-19)24-20-6-4-18(5-7-20)8-11-25-12-14-26(15-13-25)21-3-1-2-10-23-21/h1-3,9-10,16-18,20H,4-8,11-15H2,(H,24,27). The van der Waals surface area contributed by atoms with E-state index in [1.54, 1.807) is 11.3 Å². The Hall–Kier alpha value is -1.92. The summed E-state index contributed by atoms with van der Waals surface area (Å²) < 4.78 is 0. The van der Waals surface area contributed by atoms with Gasteiger partial charge in [0.1, 0.15) is 5.82 Å². The summed E-state index contributed by atoms with van der Waals surface area (Å²) >= 11 is 1.58.